The van der Waals surface area contributed by atoms with Crippen molar-refractivity contribution in [1.29, 1.82) is 0 Å². The van der Waals surface area contributed by atoms with E-state index in [1.807, 2.05) is 6.21 Å². The van der Waals surface area contributed by atoms with E-state index in [1.54, 1.807) is 0 Å². The highest BCUT2D eigenvalue weighted by Crippen LogP contribution is 2.35. The Morgan fingerprint density at radius 3 is 1.89 bits per heavy atom. The zero-order valence-corrected chi connectivity index (χ0v) is 28.5. The molecule has 0 aliphatic heterocycles. The molecule has 0 heterocycles. The van der Waals surface area contributed by atoms with Gasteiger partial charge in [-0.15, -0.1) is 0 Å². The third-order valence-electron chi connectivity index (χ3n) is 8.75. The third-order valence-corrected chi connectivity index (χ3v) is 8.75. The molecular weight excluding hydrogens is 544 g/mol. The SMILES string of the molecule is CCCCCCc1cc(N=CC(CC)=Nc2cc(CCCC)c(CCCC)c(-c3ccccc3)c2)cc(C)c1-c1ccccc1. The van der Waals surface area contributed by atoms with Crippen molar-refractivity contribution in [2.24, 2.45) is 9.98 Å². The van der Waals surface area contributed by atoms with Gasteiger partial charge in [0.15, 0.2) is 0 Å². The van der Waals surface area contributed by atoms with Gasteiger partial charge in [-0.2, -0.15) is 0 Å². The first kappa shape index (κ1) is 34.1. The molecule has 45 heavy (non-hydrogen) atoms. The summed E-state index contributed by atoms with van der Waals surface area (Å²) in [6.07, 6.45) is 15.9. The Bertz CT molecular complexity index is 1530. The number of hydrogen-bond acceptors (Lipinski definition) is 2. The van der Waals surface area contributed by atoms with Gasteiger partial charge in [0.25, 0.3) is 0 Å². The Morgan fingerprint density at radius 1 is 0.600 bits per heavy atom. The maximum atomic E-state index is 5.22. The fourth-order valence-electron chi connectivity index (χ4n) is 6.28. The van der Waals surface area contributed by atoms with Gasteiger partial charge < -0.3 is 0 Å². The minimum atomic E-state index is 0.830. The summed E-state index contributed by atoms with van der Waals surface area (Å²) in [4.78, 5) is 10.2. The minimum Gasteiger partial charge on any atom is -0.255 e. The molecular formula is C43H54N2. The van der Waals surface area contributed by atoms with Gasteiger partial charge in [-0.1, -0.05) is 120 Å². The molecule has 0 unspecified atom stereocenters. The lowest BCUT2D eigenvalue weighted by Gasteiger charge is -2.17. The second kappa shape index (κ2) is 18.3. The van der Waals surface area contributed by atoms with E-state index >= 15 is 0 Å². The van der Waals surface area contributed by atoms with Gasteiger partial charge in [-0.25, -0.2) is 0 Å². The predicted molar refractivity (Wildman–Crippen MR) is 199 cm³/mol. The van der Waals surface area contributed by atoms with Crippen LogP contribution in [0, 0.1) is 6.92 Å². The molecule has 0 aliphatic carbocycles. The number of aliphatic imine (C=N–C) groups is 2. The Morgan fingerprint density at radius 2 is 1.22 bits per heavy atom. The largest absolute Gasteiger partial charge is 0.255 e. The number of hydrogen-bond donors (Lipinski definition) is 0. The molecule has 4 rings (SSSR count). The quantitative estimate of drug-likeness (QED) is 0.0853. The number of aryl methyl sites for hydroxylation is 3. The highest BCUT2D eigenvalue weighted by molar-refractivity contribution is 6.31. The molecule has 0 spiro atoms. The zero-order chi connectivity index (χ0) is 31.9. The molecule has 0 atom stereocenters. The smallest absolute Gasteiger partial charge is 0.0642 e. The van der Waals surface area contributed by atoms with Crippen molar-refractivity contribution in [3.63, 3.8) is 0 Å². The van der Waals surface area contributed by atoms with Crippen LogP contribution in [-0.2, 0) is 19.3 Å². The van der Waals surface area contributed by atoms with E-state index in [-0.39, 0.29) is 0 Å². The van der Waals surface area contributed by atoms with Crippen LogP contribution in [-0.4, -0.2) is 11.9 Å². The molecule has 2 nitrogen and oxygen atoms in total. The summed E-state index contributed by atoms with van der Waals surface area (Å²) in [5.74, 6) is 0. The van der Waals surface area contributed by atoms with Gasteiger partial charge in [0.05, 0.1) is 17.1 Å². The second-order valence-corrected chi connectivity index (χ2v) is 12.4. The van der Waals surface area contributed by atoms with Crippen LogP contribution in [0.5, 0.6) is 0 Å². The summed E-state index contributed by atoms with van der Waals surface area (Å²) in [5.41, 5.74) is 14.0. The molecule has 4 aromatic rings. The van der Waals surface area contributed by atoms with Crippen molar-refractivity contribution in [1.82, 2.24) is 0 Å². The highest BCUT2D eigenvalue weighted by Gasteiger charge is 2.14. The van der Waals surface area contributed by atoms with Gasteiger partial charge in [0, 0.05) is 6.21 Å². The van der Waals surface area contributed by atoms with Crippen LogP contribution < -0.4 is 0 Å². The van der Waals surface area contributed by atoms with E-state index in [0.717, 1.165) is 42.8 Å². The van der Waals surface area contributed by atoms with Gasteiger partial charge in [-0.05, 0) is 121 Å². The Balaban J connectivity index is 1.71. The van der Waals surface area contributed by atoms with Crippen molar-refractivity contribution >= 4 is 23.3 Å². The van der Waals surface area contributed by atoms with Crippen molar-refractivity contribution in [2.75, 3.05) is 0 Å². The zero-order valence-electron chi connectivity index (χ0n) is 28.5. The fourth-order valence-corrected chi connectivity index (χ4v) is 6.28. The molecule has 0 N–H and O–H groups in total. The van der Waals surface area contributed by atoms with Crippen molar-refractivity contribution in [3.05, 3.63) is 107 Å². The molecule has 0 bridgehead atoms. The number of benzene rings is 4. The van der Waals surface area contributed by atoms with E-state index in [1.165, 1.54) is 95.9 Å². The summed E-state index contributed by atoms with van der Waals surface area (Å²) in [7, 11) is 0. The average Bonchev–Trinajstić information content (AvgIpc) is 3.07. The van der Waals surface area contributed by atoms with E-state index in [2.05, 4.69) is 120 Å². The minimum absolute atomic E-state index is 0.830. The molecule has 0 radical (unpaired) electrons. The normalized spacial score (nSPS) is 11.9. The van der Waals surface area contributed by atoms with Crippen LogP contribution in [0.3, 0.4) is 0 Å². The van der Waals surface area contributed by atoms with Gasteiger partial charge in [0.2, 0.25) is 0 Å². The summed E-state index contributed by atoms with van der Waals surface area (Å²) in [6.45, 7) is 11.2. The van der Waals surface area contributed by atoms with Crippen LogP contribution >= 0.6 is 0 Å². The molecule has 0 aliphatic rings. The van der Waals surface area contributed by atoms with Crippen molar-refractivity contribution < 1.29 is 0 Å². The molecule has 0 saturated carbocycles. The lowest BCUT2D eigenvalue weighted by molar-refractivity contribution is 0.667. The van der Waals surface area contributed by atoms with E-state index in [9.17, 15) is 0 Å². The molecule has 4 aromatic carbocycles. The molecule has 0 fully saturated rings. The lowest BCUT2D eigenvalue weighted by Crippen LogP contribution is -2.01. The summed E-state index contributed by atoms with van der Waals surface area (Å²) in [5, 5.41) is 0. The van der Waals surface area contributed by atoms with Crippen LogP contribution in [0.25, 0.3) is 22.3 Å². The average molecular weight is 599 g/mol. The second-order valence-electron chi connectivity index (χ2n) is 12.4. The molecule has 0 aromatic heterocycles. The Labute approximate surface area is 273 Å². The number of unbranched alkanes of at least 4 members (excludes halogenated alkanes) is 5. The molecule has 236 valence electrons. The summed E-state index contributed by atoms with van der Waals surface area (Å²) < 4.78 is 0. The predicted octanol–water partition coefficient (Wildman–Crippen LogP) is 13.0. The van der Waals surface area contributed by atoms with Gasteiger partial charge in [0.1, 0.15) is 0 Å². The molecule has 0 saturated heterocycles. The van der Waals surface area contributed by atoms with Crippen LogP contribution in [0.1, 0.15) is 108 Å². The third kappa shape index (κ3) is 9.85. The van der Waals surface area contributed by atoms with Crippen molar-refractivity contribution in [3.8, 4) is 22.3 Å². The van der Waals surface area contributed by atoms with Crippen LogP contribution in [0.2, 0.25) is 0 Å². The number of rotatable bonds is 17. The fraction of sp³-hybridized carbons (Fsp3) is 0.395. The first-order valence-electron chi connectivity index (χ1n) is 17.6. The molecule has 0 amide bonds. The highest BCUT2D eigenvalue weighted by atomic mass is 14.8. The maximum Gasteiger partial charge on any atom is 0.0642 e. The van der Waals surface area contributed by atoms with Crippen LogP contribution in [0.15, 0.2) is 94.9 Å². The summed E-state index contributed by atoms with van der Waals surface area (Å²) in [6, 6.07) is 30.9. The van der Waals surface area contributed by atoms with E-state index in [4.69, 9.17) is 9.98 Å². The summed E-state index contributed by atoms with van der Waals surface area (Å²) >= 11 is 0. The lowest BCUT2D eigenvalue weighted by atomic mass is 9.89. The first-order valence-corrected chi connectivity index (χ1v) is 17.6. The van der Waals surface area contributed by atoms with Gasteiger partial charge in [-0.3, -0.25) is 9.98 Å². The number of nitrogens with zero attached hydrogens (tertiary/aromatic N) is 2. The maximum absolute atomic E-state index is 5.22. The first-order chi connectivity index (χ1) is 22.1. The monoisotopic (exact) mass is 598 g/mol. The Hall–Kier alpha value is -3.78. The van der Waals surface area contributed by atoms with E-state index in [0.29, 0.717) is 0 Å². The van der Waals surface area contributed by atoms with Crippen molar-refractivity contribution in [2.45, 2.75) is 112 Å². The van der Waals surface area contributed by atoms with E-state index < -0.39 is 0 Å². The molecule has 2 heteroatoms. The standard InChI is InChI=1S/C43H54N2/c1-6-10-13-16-26-37-30-39(28-33(5)43(37)35-24-19-15-20-25-35)44-32-38(9-4)45-40-29-36(21-11-7-2)41(27-12-8-3)42(31-40)34-22-17-14-18-23-34/h14-15,17-20,22-25,28-32H,6-13,16,21,26-27H2,1-5H3. The van der Waals surface area contributed by atoms with Crippen LogP contribution in [0.4, 0.5) is 11.4 Å². The van der Waals surface area contributed by atoms with Gasteiger partial charge >= 0.3 is 0 Å². The Kier molecular flexibility index (Phi) is 13.8. The topological polar surface area (TPSA) is 24.7 Å².